The first-order valence-corrected chi connectivity index (χ1v) is 9.40. The van der Waals surface area contributed by atoms with Crippen LogP contribution in [0, 0.1) is 0 Å². The molecule has 0 amide bonds. The molecule has 0 fully saturated rings. The van der Waals surface area contributed by atoms with Crippen molar-refractivity contribution in [3.8, 4) is 0 Å². The highest BCUT2D eigenvalue weighted by Gasteiger charge is 2.12. The normalized spacial score (nSPS) is 12.0. The summed E-state index contributed by atoms with van der Waals surface area (Å²) in [7, 11) is 0. The molecule has 1 atom stereocenters. The predicted octanol–water partition coefficient (Wildman–Crippen LogP) is 6.60. The van der Waals surface area contributed by atoms with Gasteiger partial charge in [0, 0.05) is 11.4 Å². The summed E-state index contributed by atoms with van der Waals surface area (Å²) in [5.41, 5.74) is 2.72. The van der Waals surface area contributed by atoms with Gasteiger partial charge in [0.25, 0.3) is 0 Å². The van der Waals surface area contributed by atoms with Crippen LogP contribution in [-0.4, -0.2) is 6.29 Å². The van der Waals surface area contributed by atoms with Crippen LogP contribution in [0.25, 0.3) is 0 Å². The van der Waals surface area contributed by atoms with Gasteiger partial charge >= 0.3 is 0 Å². The predicted molar refractivity (Wildman–Crippen MR) is 103 cm³/mol. The lowest BCUT2D eigenvalue weighted by atomic mass is 9.87. The third-order valence-electron chi connectivity index (χ3n) is 4.52. The summed E-state index contributed by atoms with van der Waals surface area (Å²) >= 11 is 6.20. The zero-order chi connectivity index (χ0) is 17.0. The first-order valence-electron chi connectivity index (χ1n) is 9.02. The summed E-state index contributed by atoms with van der Waals surface area (Å²) in [6.45, 7) is 0. The van der Waals surface area contributed by atoms with Crippen molar-refractivity contribution in [3.05, 3.63) is 70.7 Å². The molecule has 0 N–H and O–H groups in total. The number of aldehydes is 1. The van der Waals surface area contributed by atoms with Crippen molar-refractivity contribution in [3.63, 3.8) is 0 Å². The quantitative estimate of drug-likeness (QED) is 0.332. The highest BCUT2D eigenvalue weighted by atomic mass is 35.5. The van der Waals surface area contributed by atoms with Crippen LogP contribution in [-0.2, 0) is 11.2 Å². The topological polar surface area (TPSA) is 17.1 Å². The van der Waals surface area contributed by atoms with Gasteiger partial charge in [-0.25, -0.2) is 0 Å². The van der Waals surface area contributed by atoms with E-state index in [0.29, 0.717) is 12.3 Å². The Morgan fingerprint density at radius 1 is 0.875 bits per heavy atom. The van der Waals surface area contributed by atoms with E-state index in [1.165, 1.54) is 43.2 Å². The molecule has 0 aliphatic rings. The fraction of sp³-hybridized carbons (Fsp3) is 0.409. The Morgan fingerprint density at radius 3 is 2.38 bits per heavy atom. The summed E-state index contributed by atoms with van der Waals surface area (Å²) < 4.78 is 0. The van der Waals surface area contributed by atoms with Crippen molar-refractivity contribution < 1.29 is 4.79 Å². The molecule has 1 unspecified atom stereocenters. The number of unbranched alkanes of at least 4 members (excludes halogenated alkanes) is 5. The lowest BCUT2D eigenvalue weighted by Crippen LogP contribution is -2.03. The van der Waals surface area contributed by atoms with E-state index >= 15 is 0 Å². The minimum atomic E-state index is 0.515. The van der Waals surface area contributed by atoms with Crippen LogP contribution in [0.2, 0.25) is 5.02 Å². The number of carbonyl (C=O) groups is 1. The molecule has 2 aromatic rings. The van der Waals surface area contributed by atoms with Crippen molar-refractivity contribution in [1.29, 1.82) is 0 Å². The third-order valence-corrected chi connectivity index (χ3v) is 4.75. The summed E-state index contributed by atoms with van der Waals surface area (Å²) in [4.78, 5) is 10.3. The van der Waals surface area contributed by atoms with Gasteiger partial charge in [-0.1, -0.05) is 79.7 Å². The Morgan fingerprint density at radius 2 is 1.62 bits per heavy atom. The van der Waals surface area contributed by atoms with Crippen LogP contribution in [0.1, 0.15) is 62.0 Å². The number of benzene rings is 2. The molecule has 2 aromatic carbocycles. The van der Waals surface area contributed by atoms with Crippen molar-refractivity contribution in [2.24, 2.45) is 0 Å². The van der Waals surface area contributed by atoms with Crippen molar-refractivity contribution in [2.45, 2.75) is 57.3 Å². The van der Waals surface area contributed by atoms with Crippen LogP contribution in [0.15, 0.2) is 54.6 Å². The van der Waals surface area contributed by atoms with Crippen LogP contribution in [0.4, 0.5) is 0 Å². The fourth-order valence-electron chi connectivity index (χ4n) is 3.19. The molecule has 2 rings (SSSR count). The number of hydrogen-bond donors (Lipinski definition) is 0. The second-order valence-electron chi connectivity index (χ2n) is 6.45. The monoisotopic (exact) mass is 342 g/mol. The van der Waals surface area contributed by atoms with Gasteiger partial charge < -0.3 is 4.79 Å². The molecule has 128 valence electrons. The highest BCUT2D eigenvalue weighted by Crippen LogP contribution is 2.28. The Kier molecular flexibility index (Phi) is 8.62. The molecule has 0 bridgehead atoms. The highest BCUT2D eigenvalue weighted by molar-refractivity contribution is 6.30. The van der Waals surface area contributed by atoms with Crippen LogP contribution >= 0.6 is 11.6 Å². The fourth-order valence-corrected chi connectivity index (χ4v) is 3.39. The zero-order valence-corrected chi connectivity index (χ0v) is 15.0. The van der Waals surface area contributed by atoms with E-state index in [1.807, 2.05) is 6.07 Å². The van der Waals surface area contributed by atoms with E-state index in [2.05, 4.69) is 48.5 Å². The molecule has 24 heavy (non-hydrogen) atoms. The smallest absolute Gasteiger partial charge is 0.119 e. The lowest BCUT2D eigenvalue weighted by molar-refractivity contribution is -0.107. The summed E-state index contributed by atoms with van der Waals surface area (Å²) in [6, 6.07) is 19.0. The largest absolute Gasteiger partial charge is 0.303 e. The second kappa shape index (κ2) is 11.0. The molecular weight excluding hydrogens is 316 g/mol. The van der Waals surface area contributed by atoms with Crippen LogP contribution in [0.3, 0.4) is 0 Å². The lowest BCUT2D eigenvalue weighted by Gasteiger charge is -2.18. The Hall–Kier alpha value is -1.60. The zero-order valence-electron chi connectivity index (χ0n) is 14.3. The van der Waals surface area contributed by atoms with Gasteiger partial charge in [0.2, 0.25) is 0 Å². The molecule has 0 saturated carbocycles. The van der Waals surface area contributed by atoms with Crippen molar-refractivity contribution in [2.75, 3.05) is 0 Å². The van der Waals surface area contributed by atoms with E-state index < -0.39 is 0 Å². The third kappa shape index (κ3) is 6.88. The van der Waals surface area contributed by atoms with Gasteiger partial charge in [-0.2, -0.15) is 0 Å². The molecule has 0 radical (unpaired) electrons. The minimum absolute atomic E-state index is 0.515. The Labute approximate surface area is 151 Å². The van der Waals surface area contributed by atoms with Gasteiger partial charge in [0.1, 0.15) is 6.29 Å². The molecule has 0 saturated heterocycles. The van der Waals surface area contributed by atoms with Crippen LogP contribution in [0.5, 0.6) is 0 Å². The first kappa shape index (κ1) is 18.7. The first-order chi connectivity index (χ1) is 11.8. The Bertz CT molecular complexity index is 594. The Balaban J connectivity index is 1.89. The van der Waals surface area contributed by atoms with Crippen molar-refractivity contribution in [1.82, 2.24) is 0 Å². The summed E-state index contributed by atoms with van der Waals surface area (Å²) in [5.74, 6) is 0.515. The SMILES string of the molecule is O=CCCCCCCCC(Cc1ccccc1)c1cccc(Cl)c1. The maximum Gasteiger partial charge on any atom is 0.119 e. The molecule has 0 aromatic heterocycles. The maximum atomic E-state index is 10.3. The van der Waals surface area contributed by atoms with E-state index in [-0.39, 0.29) is 0 Å². The number of halogens is 1. The van der Waals surface area contributed by atoms with E-state index in [9.17, 15) is 4.79 Å². The van der Waals surface area contributed by atoms with Gasteiger partial charge in [-0.05, 0) is 48.4 Å². The van der Waals surface area contributed by atoms with E-state index in [1.54, 1.807) is 0 Å². The average Bonchev–Trinajstić information content (AvgIpc) is 2.61. The second-order valence-corrected chi connectivity index (χ2v) is 6.89. The molecule has 0 heterocycles. The molecular formula is C22H27ClO. The van der Waals surface area contributed by atoms with Gasteiger partial charge in [0.15, 0.2) is 0 Å². The van der Waals surface area contributed by atoms with Gasteiger partial charge in [0.05, 0.1) is 0 Å². The van der Waals surface area contributed by atoms with Gasteiger partial charge in [-0.3, -0.25) is 0 Å². The standard InChI is InChI=1S/C22H27ClO/c23-22-15-10-14-21(18-22)20(17-19-11-6-5-7-12-19)13-8-3-1-2-4-9-16-24/h5-7,10-12,14-16,18,20H,1-4,8-9,13,17H2. The summed E-state index contributed by atoms with van der Waals surface area (Å²) in [5, 5.41) is 0.819. The molecule has 0 aliphatic heterocycles. The van der Waals surface area contributed by atoms with Crippen molar-refractivity contribution >= 4 is 17.9 Å². The molecule has 0 aliphatic carbocycles. The summed E-state index contributed by atoms with van der Waals surface area (Å²) in [6.07, 6.45) is 9.87. The number of hydrogen-bond acceptors (Lipinski definition) is 1. The van der Waals surface area contributed by atoms with E-state index in [4.69, 9.17) is 11.6 Å². The minimum Gasteiger partial charge on any atom is -0.303 e. The van der Waals surface area contributed by atoms with Crippen LogP contribution < -0.4 is 0 Å². The number of carbonyl (C=O) groups excluding carboxylic acids is 1. The van der Waals surface area contributed by atoms with E-state index in [0.717, 1.165) is 24.2 Å². The van der Waals surface area contributed by atoms with Gasteiger partial charge in [-0.15, -0.1) is 0 Å². The molecule has 2 heteroatoms. The molecule has 0 spiro atoms. The average molecular weight is 343 g/mol. The maximum absolute atomic E-state index is 10.3. The number of rotatable bonds is 11. The molecule has 1 nitrogen and oxygen atoms in total.